The predicted molar refractivity (Wildman–Crippen MR) is 105 cm³/mol. The highest BCUT2D eigenvalue weighted by atomic mass is 35.5. The van der Waals surface area contributed by atoms with Crippen LogP contribution in [-0.2, 0) is 4.79 Å². The fourth-order valence-corrected chi connectivity index (χ4v) is 2.43. The molecular weight excluding hydrogens is 399 g/mol. The van der Waals surface area contributed by atoms with Crippen LogP contribution in [0.1, 0.15) is 18.9 Å². The molecule has 0 bridgehead atoms. The van der Waals surface area contributed by atoms with E-state index in [1.165, 1.54) is 18.3 Å². The smallest absolute Gasteiger partial charge is 0.277 e. The van der Waals surface area contributed by atoms with Crippen LogP contribution in [0.2, 0.25) is 15.1 Å². The fraction of sp³-hybridized carbons (Fsp3) is 0.222. The number of carbonyl (C=O) groups is 1. The second-order valence-electron chi connectivity index (χ2n) is 5.20. The molecule has 0 saturated heterocycles. The Labute approximate surface area is 166 Å². The van der Waals surface area contributed by atoms with E-state index in [9.17, 15) is 4.79 Å². The van der Waals surface area contributed by atoms with Crippen molar-refractivity contribution >= 4 is 46.9 Å². The Bertz CT molecular complexity index is 780. The lowest BCUT2D eigenvalue weighted by molar-refractivity contribution is -0.123. The Morgan fingerprint density at radius 2 is 1.77 bits per heavy atom. The molecule has 2 aromatic rings. The van der Waals surface area contributed by atoms with Crippen LogP contribution >= 0.6 is 34.8 Å². The highest BCUT2D eigenvalue weighted by molar-refractivity contribution is 6.43. The van der Waals surface area contributed by atoms with Crippen LogP contribution in [0.15, 0.2) is 41.5 Å². The Kier molecular flexibility index (Phi) is 8.04. The van der Waals surface area contributed by atoms with Crippen molar-refractivity contribution in [3.05, 3.63) is 57.0 Å². The maximum Gasteiger partial charge on any atom is 0.277 e. The van der Waals surface area contributed by atoms with Crippen molar-refractivity contribution in [3.8, 4) is 11.5 Å². The summed E-state index contributed by atoms with van der Waals surface area (Å²) in [6.45, 7) is 2.45. The summed E-state index contributed by atoms with van der Waals surface area (Å²) in [5.74, 6) is 0.620. The van der Waals surface area contributed by atoms with Crippen molar-refractivity contribution in [1.29, 1.82) is 0 Å². The van der Waals surface area contributed by atoms with Crippen LogP contribution in [-0.4, -0.2) is 25.3 Å². The van der Waals surface area contributed by atoms with E-state index in [2.05, 4.69) is 10.5 Å². The Hall–Kier alpha value is -1.95. The molecule has 8 heteroatoms. The number of benzene rings is 2. The van der Waals surface area contributed by atoms with Gasteiger partial charge in [0.05, 0.1) is 27.9 Å². The van der Waals surface area contributed by atoms with E-state index in [1.54, 1.807) is 0 Å². The number of ether oxygens (including phenoxy) is 2. The zero-order valence-corrected chi connectivity index (χ0v) is 16.2. The molecule has 1 amide bonds. The van der Waals surface area contributed by atoms with Gasteiger partial charge >= 0.3 is 0 Å². The average molecular weight is 416 g/mol. The van der Waals surface area contributed by atoms with E-state index in [0.29, 0.717) is 11.6 Å². The summed E-state index contributed by atoms with van der Waals surface area (Å²) in [4.78, 5) is 11.8. The molecular formula is C18H17Cl3N2O3. The van der Waals surface area contributed by atoms with Gasteiger partial charge in [-0.15, -0.1) is 0 Å². The average Bonchev–Trinajstić information content (AvgIpc) is 2.63. The van der Waals surface area contributed by atoms with Crippen molar-refractivity contribution in [2.24, 2.45) is 5.10 Å². The third kappa shape index (κ3) is 6.41. The molecule has 0 spiro atoms. The van der Waals surface area contributed by atoms with Crippen molar-refractivity contribution < 1.29 is 14.3 Å². The SMILES string of the molecule is CCCOc1ccc(C=NNC(=O)COc2cc(Cl)c(Cl)cc2Cl)cc1. The number of halogens is 3. The lowest BCUT2D eigenvalue weighted by Crippen LogP contribution is -2.24. The third-order valence-electron chi connectivity index (χ3n) is 3.09. The van der Waals surface area contributed by atoms with Gasteiger partial charge in [-0.1, -0.05) is 41.7 Å². The quantitative estimate of drug-likeness (QED) is 0.376. The van der Waals surface area contributed by atoms with Gasteiger partial charge in [0, 0.05) is 6.07 Å². The van der Waals surface area contributed by atoms with Gasteiger partial charge in [-0.3, -0.25) is 4.79 Å². The van der Waals surface area contributed by atoms with Gasteiger partial charge in [0.25, 0.3) is 5.91 Å². The van der Waals surface area contributed by atoms with Crippen molar-refractivity contribution in [3.63, 3.8) is 0 Å². The lowest BCUT2D eigenvalue weighted by Gasteiger charge is -2.08. The topological polar surface area (TPSA) is 59.9 Å². The molecule has 0 fully saturated rings. The minimum atomic E-state index is -0.439. The van der Waals surface area contributed by atoms with Crippen LogP contribution in [0.3, 0.4) is 0 Å². The largest absolute Gasteiger partial charge is 0.494 e. The second-order valence-corrected chi connectivity index (χ2v) is 6.42. The summed E-state index contributed by atoms with van der Waals surface area (Å²) < 4.78 is 10.8. The van der Waals surface area contributed by atoms with E-state index < -0.39 is 5.91 Å². The standard InChI is InChI=1S/C18H17Cl3N2O3/c1-2-7-25-13-5-3-12(4-6-13)10-22-23-18(24)11-26-17-9-15(20)14(19)8-16(17)21/h3-6,8-10H,2,7,11H2,1H3,(H,23,24). The molecule has 2 aromatic carbocycles. The maximum absolute atomic E-state index is 11.8. The Balaban J connectivity index is 1.81. The van der Waals surface area contributed by atoms with E-state index >= 15 is 0 Å². The van der Waals surface area contributed by atoms with Crippen LogP contribution in [0.4, 0.5) is 0 Å². The molecule has 2 rings (SSSR count). The van der Waals surface area contributed by atoms with E-state index in [1.807, 2.05) is 31.2 Å². The number of hydrazone groups is 1. The molecule has 0 aliphatic carbocycles. The van der Waals surface area contributed by atoms with Gasteiger partial charge in [0.1, 0.15) is 11.5 Å². The van der Waals surface area contributed by atoms with Crippen LogP contribution in [0.25, 0.3) is 0 Å². The zero-order chi connectivity index (χ0) is 18.9. The first-order valence-corrected chi connectivity index (χ1v) is 8.95. The molecule has 0 unspecified atom stereocenters. The molecule has 0 atom stereocenters. The highest BCUT2D eigenvalue weighted by Crippen LogP contribution is 2.33. The van der Waals surface area contributed by atoms with Crippen LogP contribution in [0, 0.1) is 0 Å². The summed E-state index contributed by atoms with van der Waals surface area (Å²) in [6.07, 6.45) is 2.47. The zero-order valence-electron chi connectivity index (χ0n) is 14.0. The molecule has 0 radical (unpaired) electrons. The molecule has 1 N–H and O–H groups in total. The number of carbonyl (C=O) groups excluding carboxylic acids is 1. The third-order valence-corrected chi connectivity index (χ3v) is 4.11. The number of nitrogens with one attached hydrogen (secondary N) is 1. The Morgan fingerprint density at radius 1 is 1.08 bits per heavy atom. The van der Waals surface area contributed by atoms with Gasteiger partial charge < -0.3 is 9.47 Å². The molecule has 0 heterocycles. The van der Waals surface area contributed by atoms with Crippen molar-refractivity contribution in [1.82, 2.24) is 5.43 Å². The highest BCUT2D eigenvalue weighted by Gasteiger charge is 2.09. The van der Waals surface area contributed by atoms with Gasteiger partial charge in [0.15, 0.2) is 6.61 Å². The first-order valence-electron chi connectivity index (χ1n) is 7.81. The molecule has 0 aromatic heterocycles. The number of hydrogen-bond acceptors (Lipinski definition) is 4. The van der Waals surface area contributed by atoms with Crippen LogP contribution < -0.4 is 14.9 Å². The minimum Gasteiger partial charge on any atom is -0.494 e. The summed E-state index contributed by atoms with van der Waals surface area (Å²) in [5.41, 5.74) is 3.19. The molecule has 5 nitrogen and oxygen atoms in total. The monoisotopic (exact) mass is 414 g/mol. The summed E-state index contributed by atoms with van der Waals surface area (Å²) in [7, 11) is 0. The number of nitrogens with zero attached hydrogens (tertiary/aromatic N) is 1. The normalized spacial score (nSPS) is 10.8. The predicted octanol–water partition coefficient (Wildman–Crippen LogP) is 4.96. The first kappa shape index (κ1) is 20.4. The summed E-state index contributed by atoms with van der Waals surface area (Å²) in [5, 5.41) is 4.74. The van der Waals surface area contributed by atoms with Gasteiger partial charge in [-0.25, -0.2) is 5.43 Å². The molecule has 138 valence electrons. The van der Waals surface area contributed by atoms with E-state index in [-0.39, 0.29) is 22.4 Å². The van der Waals surface area contributed by atoms with Gasteiger partial charge in [-0.05, 0) is 42.3 Å². The second kappa shape index (κ2) is 10.3. The van der Waals surface area contributed by atoms with Gasteiger partial charge in [0.2, 0.25) is 0 Å². The lowest BCUT2D eigenvalue weighted by atomic mass is 10.2. The molecule has 0 aliphatic rings. The van der Waals surface area contributed by atoms with Crippen LogP contribution in [0.5, 0.6) is 11.5 Å². The summed E-state index contributed by atoms with van der Waals surface area (Å²) in [6, 6.07) is 10.3. The minimum absolute atomic E-state index is 0.265. The molecule has 0 aliphatic heterocycles. The van der Waals surface area contributed by atoms with Gasteiger partial charge in [-0.2, -0.15) is 5.10 Å². The number of amides is 1. The Morgan fingerprint density at radius 3 is 2.46 bits per heavy atom. The molecule has 26 heavy (non-hydrogen) atoms. The number of hydrogen-bond donors (Lipinski definition) is 1. The van der Waals surface area contributed by atoms with Crippen molar-refractivity contribution in [2.45, 2.75) is 13.3 Å². The number of rotatable bonds is 8. The summed E-state index contributed by atoms with van der Waals surface area (Å²) >= 11 is 17.7. The maximum atomic E-state index is 11.8. The fourth-order valence-electron chi connectivity index (χ4n) is 1.84. The van der Waals surface area contributed by atoms with E-state index in [0.717, 1.165) is 17.7 Å². The van der Waals surface area contributed by atoms with E-state index in [4.69, 9.17) is 44.3 Å². The first-order chi connectivity index (χ1) is 12.5. The molecule has 0 saturated carbocycles. The van der Waals surface area contributed by atoms with Crippen molar-refractivity contribution in [2.75, 3.05) is 13.2 Å².